The van der Waals surface area contributed by atoms with Gasteiger partial charge in [-0.15, -0.1) is 0 Å². The lowest BCUT2D eigenvalue weighted by Crippen LogP contribution is -1.94. The van der Waals surface area contributed by atoms with Crippen LogP contribution in [0.3, 0.4) is 0 Å². The third-order valence-corrected chi connectivity index (χ3v) is 1.87. The minimum atomic E-state index is -1.29. The van der Waals surface area contributed by atoms with E-state index in [-0.39, 0.29) is 11.4 Å². The highest BCUT2D eigenvalue weighted by molar-refractivity contribution is 5.57. The number of aromatic hydroxyl groups is 1. The molecule has 1 N–H and O–H groups in total. The average Bonchev–Trinajstić information content (AvgIpc) is 2.27. The van der Waals surface area contributed by atoms with Crippen molar-refractivity contribution in [1.82, 2.24) is 9.97 Å². The molecule has 15 heavy (non-hydrogen) atoms. The Kier molecular flexibility index (Phi) is 2.29. The molecule has 0 saturated heterocycles. The Balaban J connectivity index is 2.60. The van der Waals surface area contributed by atoms with Gasteiger partial charge in [0.15, 0.2) is 17.4 Å². The van der Waals surface area contributed by atoms with Gasteiger partial charge in [-0.25, -0.2) is 14.4 Å². The Morgan fingerprint density at radius 2 is 1.67 bits per heavy atom. The molecule has 1 aromatic carbocycles. The number of phenols is 1. The van der Waals surface area contributed by atoms with Crippen LogP contribution < -0.4 is 0 Å². The molecular formula is C10H6F2N2O. The quantitative estimate of drug-likeness (QED) is 0.780. The molecule has 1 heterocycles. The zero-order valence-electron chi connectivity index (χ0n) is 7.48. The predicted molar refractivity (Wildman–Crippen MR) is 49.0 cm³/mol. The monoisotopic (exact) mass is 208 g/mol. The zero-order chi connectivity index (χ0) is 10.8. The Labute approximate surface area is 84.1 Å². The number of halogens is 2. The molecule has 1 aromatic heterocycles. The van der Waals surface area contributed by atoms with Crippen molar-refractivity contribution >= 4 is 0 Å². The summed E-state index contributed by atoms with van der Waals surface area (Å²) in [5, 5.41) is 8.92. The van der Waals surface area contributed by atoms with Crippen LogP contribution in [-0.4, -0.2) is 15.1 Å². The number of hydrogen-bond donors (Lipinski definition) is 1. The smallest absolute Gasteiger partial charge is 0.201 e. The van der Waals surface area contributed by atoms with Crippen molar-refractivity contribution < 1.29 is 13.9 Å². The Hall–Kier alpha value is -2.04. The molecule has 3 nitrogen and oxygen atoms in total. The molecule has 76 valence electrons. The van der Waals surface area contributed by atoms with Gasteiger partial charge in [0.1, 0.15) is 0 Å². The van der Waals surface area contributed by atoms with E-state index in [1.165, 1.54) is 18.5 Å². The van der Waals surface area contributed by atoms with E-state index in [9.17, 15) is 8.78 Å². The fourth-order valence-corrected chi connectivity index (χ4v) is 1.15. The summed E-state index contributed by atoms with van der Waals surface area (Å²) in [5.41, 5.74) is -0.0779. The molecule has 5 heteroatoms. The van der Waals surface area contributed by atoms with Crippen LogP contribution in [0.5, 0.6) is 5.75 Å². The molecule has 0 spiro atoms. The third kappa shape index (κ3) is 1.63. The van der Waals surface area contributed by atoms with Gasteiger partial charge in [-0.05, 0) is 18.2 Å². The fraction of sp³-hybridized carbons (Fsp3) is 0. The third-order valence-electron chi connectivity index (χ3n) is 1.87. The van der Waals surface area contributed by atoms with Crippen LogP contribution in [0.15, 0.2) is 30.6 Å². The lowest BCUT2D eigenvalue weighted by molar-refractivity contribution is 0.408. The van der Waals surface area contributed by atoms with Crippen molar-refractivity contribution in [3.05, 3.63) is 42.2 Å². The number of nitrogens with zero attached hydrogens (tertiary/aromatic N) is 2. The molecule has 0 radical (unpaired) electrons. The number of benzene rings is 1. The van der Waals surface area contributed by atoms with Crippen molar-refractivity contribution in [3.63, 3.8) is 0 Å². The minimum Gasteiger partial charge on any atom is -0.505 e. The summed E-state index contributed by atoms with van der Waals surface area (Å²) in [4.78, 5) is 7.56. The van der Waals surface area contributed by atoms with Crippen LogP contribution in [0.25, 0.3) is 11.4 Å². The minimum absolute atomic E-state index is 0.0777. The summed E-state index contributed by atoms with van der Waals surface area (Å²) in [6.07, 6.45) is 2.85. The van der Waals surface area contributed by atoms with Gasteiger partial charge in [0.25, 0.3) is 0 Å². The highest BCUT2D eigenvalue weighted by atomic mass is 19.2. The summed E-state index contributed by atoms with van der Waals surface area (Å²) < 4.78 is 26.3. The molecule has 0 amide bonds. The second kappa shape index (κ2) is 3.61. The van der Waals surface area contributed by atoms with Crippen molar-refractivity contribution in [2.75, 3.05) is 0 Å². The van der Waals surface area contributed by atoms with Gasteiger partial charge in [0.05, 0.1) is 5.56 Å². The van der Waals surface area contributed by atoms with E-state index >= 15 is 0 Å². The molecule has 0 aliphatic heterocycles. The molecular weight excluding hydrogens is 202 g/mol. The first-order valence-electron chi connectivity index (χ1n) is 4.14. The number of phenolic OH excluding ortho intramolecular Hbond substituents is 1. The maximum atomic E-state index is 13.3. The van der Waals surface area contributed by atoms with Crippen molar-refractivity contribution in [2.24, 2.45) is 0 Å². The molecule has 0 aliphatic rings. The van der Waals surface area contributed by atoms with Crippen LogP contribution in [0, 0.1) is 11.6 Å². The average molecular weight is 208 g/mol. The van der Waals surface area contributed by atoms with Crippen molar-refractivity contribution in [3.8, 4) is 17.1 Å². The number of rotatable bonds is 1. The molecule has 0 fully saturated rings. The van der Waals surface area contributed by atoms with Gasteiger partial charge >= 0.3 is 0 Å². The Bertz CT molecular complexity index is 488. The number of hydrogen-bond acceptors (Lipinski definition) is 3. The van der Waals surface area contributed by atoms with Gasteiger partial charge in [0, 0.05) is 12.4 Å². The lowest BCUT2D eigenvalue weighted by atomic mass is 10.2. The normalized spacial score (nSPS) is 10.3. The highest BCUT2D eigenvalue weighted by Crippen LogP contribution is 2.26. The first-order valence-corrected chi connectivity index (χ1v) is 4.14. The molecule has 0 aliphatic carbocycles. The zero-order valence-corrected chi connectivity index (χ0v) is 7.48. The highest BCUT2D eigenvalue weighted by Gasteiger charge is 2.15. The number of aromatic nitrogens is 2. The maximum absolute atomic E-state index is 13.3. The molecule has 2 aromatic rings. The van der Waals surface area contributed by atoms with Gasteiger partial charge in [-0.1, -0.05) is 0 Å². The van der Waals surface area contributed by atoms with Crippen LogP contribution in [0.4, 0.5) is 8.78 Å². The van der Waals surface area contributed by atoms with E-state index in [1.807, 2.05) is 0 Å². The van der Waals surface area contributed by atoms with Crippen molar-refractivity contribution in [1.29, 1.82) is 0 Å². The van der Waals surface area contributed by atoms with E-state index in [0.717, 1.165) is 6.07 Å². The maximum Gasteiger partial charge on any atom is 0.201 e. The lowest BCUT2D eigenvalue weighted by Gasteiger charge is -2.03. The molecule has 0 saturated carbocycles. The second-order valence-electron chi connectivity index (χ2n) is 2.83. The van der Waals surface area contributed by atoms with E-state index < -0.39 is 17.4 Å². The summed E-state index contributed by atoms with van der Waals surface area (Å²) in [6, 6.07) is 3.85. The summed E-state index contributed by atoms with van der Waals surface area (Å²) in [6.45, 7) is 0. The van der Waals surface area contributed by atoms with E-state index in [0.29, 0.717) is 0 Å². The van der Waals surface area contributed by atoms with E-state index in [2.05, 4.69) is 9.97 Å². The van der Waals surface area contributed by atoms with Crippen LogP contribution >= 0.6 is 0 Å². The van der Waals surface area contributed by atoms with Crippen LogP contribution in [0.2, 0.25) is 0 Å². The predicted octanol–water partition coefficient (Wildman–Crippen LogP) is 2.13. The largest absolute Gasteiger partial charge is 0.505 e. The molecule has 0 atom stereocenters. The van der Waals surface area contributed by atoms with Gasteiger partial charge < -0.3 is 5.11 Å². The summed E-state index contributed by atoms with van der Waals surface area (Å²) in [7, 11) is 0. The van der Waals surface area contributed by atoms with Crippen LogP contribution in [0.1, 0.15) is 0 Å². The first-order chi connectivity index (χ1) is 7.20. The second-order valence-corrected chi connectivity index (χ2v) is 2.83. The SMILES string of the molecule is Oc1ccc(-c2ncccn2)c(F)c1F. The van der Waals surface area contributed by atoms with E-state index in [4.69, 9.17) is 5.11 Å². The first kappa shape index (κ1) is 9.51. The van der Waals surface area contributed by atoms with Gasteiger partial charge in [-0.2, -0.15) is 4.39 Å². The Morgan fingerprint density at radius 3 is 2.33 bits per heavy atom. The Morgan fingerprint density at radius 1 is 1.00 bits per heavy atom. The van der Waals surface area contributed by atoms with Gasteiger partial charge in [0.2, 0.25) is 5.82 Å². The fourth-order valence-electron chi connectivity index (χ4n) is 1.15. The van der Waals surface area contributed by atoms with Gasteiger partial charge in [-0.3, -0.25) is 0 Å². The molecule has 0 unspecified atom stereocenters. The van der Waals surface area contributed by atoms with Crippen molar-refractivity contribution in [2.45, 2.75) is 0 Å². The summed E-state index contributed by atoms with van der Waals surface area (Å²) in [5.74, 6) is -3.10. The standard InChI is InChI=1S/C10H6F2N2O/c11-8-6(2-3-7(15)9(8)12)10-13-4-1-5-14-10/h1-5,15H. The molecule has 2 rings (SSSR count). The van der Waals surface area contributed by atoms with Crippen LogP contribution in [-0.2, 0) is 0 Å². The topological polar surface area (TPSA) is 46.0 Å². The van der Waals surface area contributed by atoms with E-state index in [1.54, 1.807) is 6.07 Å². The molecule has 0 bridgehead atoms. The summed E-state index contributed by atoms with van der Waals surface area (Å²) >= 11 is 0.